The number of aliphatic imine (C=N–C) groups is 1. The Morgan fingerprint density at radius 2 is 2.06 bits per heavy atom. The number of hydrogen-bond donors (Lipinski definition) is 1. The zero-order valence-electron chi connectivity index (χ0n) is 17.0. The zero-order chi connectivity index (χ0) is 21.1. The molecule has 3 heterocycles. The van der Waals surface area contributed by atoms with Gasteiger partial charge in [0, 0.05) is 38.6 Å². The van der Waals surface area contributed by atoms with Crippen molar-refractivity contribution in [3.05, 3.63) is 52.0 Å². The molecule has 2 saturated heterocycles. The van der Waals surface area contributed by atoms with E-state index in [9.17, 15) is 13.2 Å². The van der Waals surface area contributed by atoms with Crippen molar-refractivity contribution in [2.24, 2.45) is 4.99 Å². The number of fused-ring (bicyclic) bond motifs is 1. The number of morpholine rings is 1. The fourth-order valence-corrected chi connectivity index (χ4v) is 4.70. The Morgan fingerprint density at radius 3 is 2.74 bits per heavy atom. The SMILES string of the molecule is CN=C(NCc1nc(C(F)(F)F)cs1)N1CC2OCCN(Cc3ccccc3)C2C1.I. The number of aromatic nitrogens is 1. The first-order valence-electron chi connectivity index (χ1n) is 9.81. The van der Waals surface area contributed by atoms with Crippen LogP contribution < -0.4 is 5.32 Å². The van der Waals surface area contributed by atoms with Gasteiger partial charge in [0.1, 0.15) is 5.01 Å². The van der Waals surface area contributed by atoms with Crippen molar-refractivity contribution in [3.8, 4) is 0 Å². The highest BCUT2D eigenvalue weighted by molar-refractivity contribution is 14.0. The van der Waals surface area contributed by atoms with Crippen LogP contribution in [0.4, 0.5) is 13.2 Å². The van der Waals surface area contributed by atoms with Gasteiger partial charge in [-0.1, -0.05) is 30.3 Å². The Hall–Kier alpha value is -1.44. The number of nitrogens with zero attached hydrogens (tertiary/aromatic N) is 4. The van der Waals surface area contributed by atoms with Gasteiger partial charge in [-0.05, 0) is 5.56 Å². The summed E-state index contributed by atoms with van der Waals surface area (Å²) >= 11 is 0.993. The molecule has 1 N–H and O–H groups in total. The molecule has 0 saturated carbocycles. The minimum absolute atomic E-state index is 0. The highest BCUT2D eigenvalue weighted by Crippen LogP contribution is 2.30. The number of nitrogens with one attached hydrogen (secondary N) is 1. The molecule has 1 aromatic heterocycles. The van der Waals surface area contributed by atoms with Crippen LogP contribution in [0, 0.1) is 0 Å². The summed E-state index contributed by atoms with van der Waals surface area (Å²) in [6.45, 7) is 4.07. The predicted molar refractivity (Wildman–Crippen MR) is 125 cm³/mol. The molecule has 6 nitrogen and oxygen atoms in total. The van der Waals surface area contributed by atoms with Gasteiger partial charge in [-0.2, -0.15) is 13.2 Å². The van der Waals surface area contributed by atoms with Crippen molar-refractivity contribution in [2.45, 2.75) is 31.4 Å². The molecule has 11 heteroatoms. The van der Waals surface area contributed by atoms with Crippen LogP contribution in [0.25, 0.3) is 0 Å². The molecule has 0 amide bonds. The first-order valence-corrected chi connectivity index (χ1v) is 10.7. The molecular weight excluding hydrogens is 542 g/mol. The van der Waals surface area contributed by atoms with E-state index in [1.807, 2.05) is 18.2 Å². The van der Waals surface area contributed by atoms with Gasteiger partial charge >= 0.3 is 6.18 Å². The van der Waals surface area contributed by atoms with E-state index in [0.29, 0.717) is 24.1 Å². The van der Waals surface area contributed by atoms with E-state index in [0.717, 1.165) is 36.4 Å². The van der Waals surface area contributed by atoms with Gasteiger partial charge in [-0.15, -0.1) is 35.3 Å². The lowest BCUT2D eigenvalue weighted by atomic mass is 10.1. The molecule has 0 radical (unpaired) electrons. The Kier molecular flexibility index (Phi) is 8.16. The molecule has 0 aliphatic carbocycles. The van der Waals surface area contributed by atoms with Gasteiger partial charge in [-0.3, -0.25) is 9.89 Å². The Morgan fingerprint density at radius 1 is 1.29 bits per heavy atom. The van der Waals surface area contributed by atoms with Crippen molar-refractivity contribution >= 4 is 41.3 Å². The number of halogens is 4. The van der Waals surface area contributed by atoms with Crippen molar-refractivity contribution in [1.29, 1.82) is 0 Å². The van der Waals surface area contributed by atoms with E-state index in [-0.39, 0.29) is 42.7 Å². The van der Waals surface area contributed by atoms with Gasteiger partial charge in [-0.25, -0.2) is 4.98 Å². The second-order valence-electron chi connectivity index (χ2n) is 7.36. The summed E-state index contributed by atoms with van der Waals surface area (Å²) in [5.41, 5.74) is 0.416. The number of thiazole rings is 1. The number of guanidine groups is 1. The van der Waals surface area contributed by atoms with Crippen LogP contribution in [0.5, 0.6) is 0 Å². The zero-order valence-corrected chi connectivity index (χ0v) is 20.2. The number of benzene rings is 1. The largest absolute Gasteiger partial charge is 0.434 e. The normalized spacial score (nSPS) is 22.2. The molecule has 170 valence electrons. The topological polar surface area (TPSA) is 53.0 Å². The van der Waals surface area contributed by atoms with E-state index < -0.39 is 11.9 Å². The predicted octanol–water partition coefficient (Wildman–Crippen LogP) is 3.44. The number of hydrogen-bond acceptors (Lipinski definition) is 5. The van der Waals surface area contributed by atoms with Crippen LogP contribution in [0.15, 0.2) is 40.7 Å². The maximum Gasteiger partial charge on any atom is 0.434 e. The summed E-state index contributed by atoms with van der Waals surface area (Å²) < 4.78 is 44.2. The molecule has 2 aliphatic rings. The molecule has 0 spiro atoms. The maximum absolute atomic E-state index is 12.7. The van der Waals surface area contributed by atoms with E-state index in [4.69, 9.17) is 4.74 Å². The minimum Gasteiger partial charge on any atom is -0.373 e. The van der Waals surface area contributed by atoms with E-state index in [2.05, 4.69) is 37.2 Å². The third-order valence-corrected chi connectivity index (χ3v) is 6.24. The summed E-state index contributed by atoms with van der Waals surface area (Å²) in [6, 6.07) is 10.6. The molecule has 31 heavy (non-hydrogen) atoms. The van der Waals surface area contributed by atoms with Crippen LogP contribution in [-0.2, 0) is 24.0 Å². The highest BCUT2D eigenvalue weighted by Gasteiger charge is 2.41. The second-order valence-corrected chi connectivity index (χ2v) is 8.31. The van der Waals surface area contributed by atoms with E-state index >= 15 is 0 Å². The third kappa shape index (κ3) is 5.88. The fourth-order valence-electron chi connectivity index (χ4n) is 3.95. The lowest BCUT2D eigenvalue weighted by molar-refractivity contribution is -0.140. The van der Waals surface area contributed by atoms with Gasteiger partial charge < -0.3 is 15.0 Å². The first-order chi connectivity index (χ1) is 14.4. The van der Waals surface area contributed by atoms with Gasteiger partial charge in [0.25, 0.3) is 0 Å². The van der Waals surface area contributed by atoms with Crippen LogP contribution in [0.2, 0.25) is 0 Å². The van der Waals surface area contributed by atoms with E-state index in [1.165, 1.54) is 5.56 Å². The van der Waals surface area contributed by atoms with Crippen molar-refractivity contribution < 1.29 is 17.9 Å². The van der Waals surface area contributed by atoms with Crippen LogP contribution >= 0.6 is 35.3 Å². The van der Waals surface area contributed by atoms with Crippen molar-refractivity contribution in [2.75, 3.05) is 33.3 Å². The van der Waals surface area contributed by atoms with Gasteiger partial charge in [0.2, 0.25) is 0 Å². The average Bonchev–Trinajstić information content (AvgIpc) is 3.37. The van der Waals surface area contributed by atoms with Crippen LogP contribution in [0.3, 0.4) is 0 Å². The van der Waals surface area contributed by atoms with E-state index in [1.54, 1.807) is 7.05 Å². The Bertz CT molecular complexity index is 879. The highest BCUT2D eigenvalue weighted by atomic mass is 127. The van der Waals surface area contributed by atoms with Crippen molar-refractivity contribution in [1.82, 2.24) is 20.1 Å². The number of likely N-dealkylation sites (tertiary alicyclic amines) is 1. The molecule has 0 bridgehead atoms. The fraction of sp³-hybridized carbons (Fsp3) is 0.500. The van der Waals surface area contributed by atoms with Gasteiger partial charge in [0.05, 0.1) is 25.3 Å². The second kappa shape index (κ2) is 10.5. The molecule has 4 rings (SSSR count). The molecule has 2 fully saturated rings. The summed E-state index contributed by atoms with van der Waals surface area (Å²) in [5, 5.41) is 4.57. The number of alkyl halides is 3. The molecule has 2 aliphatic heterocycles. The average molecular weight is 567 g/mol. The molecular formula is C20H25F3IN5OS. The summed E-state index contributed by atoms with van der Waals surface area (Å²) in [6.07, 6.45) is -4.33. The lowest BCUT2D eigenvalue weighted by Gasteiger charge is -2.36. The Labute approximate surface area is 200 Å². The summed E-state index contributed by atoms with van der Waals surface area (Å²) in [7, 11) is 1.68. The first kappa shape index (κ1) is 24.2. The Balaban J connectivity index is 0.00000272. The maximum atomic E-state index is 12.7. The molecule has 2 unspecified atom stereocenters. The molecule has 1 aromatic carbocycles. The standard InChI is InChI=1S/C20H24F3N5OS.HI/c1-24-19(25-9-18-26-17(13-30-18)20(21,22)23)28-11-15-16(12-28)29-8-7-27(15)10-14-5-3-2-4-6-14;/h2-6,13,15-16H,7-12H2,1H3,(H,24,25);1H. The summed E-state index contributed by atoms with van der Waals surface area (Å²) in [4.78, 5) is 12.5. The van der Waals surface area contributed by atoms with Crippen molar-refractivity contribution in [3.63, 3.8) is 0 Å². The smallest absolute Gasteiger partial charge is 0.373 e. The lowest BCUT2D eigenvalue weighted by Crippen LogP contribution is -2.50. The summed E-state index contributed by atoms with van der Waals surface area (Å²) in [5.74, 6) is 0.649. The minimum atomic E-state index is -4.42. The monoisotopic (exact) mass is 567 g/mol. The molecule has 2 atom stereocenters. The van der Waals surface area contributed by atoms with Crippen LogP contribution in [-0.4, -0.2) is 66.2 Å². The number of ether oxygens (including phenoxy) is 1. The molecule has 2 aromatic rings. The van der Waals surface area contributed by atoms with Gasteiger partial charge in [0.15, 0.2) is 11.7 Å². The quantitative estimate of drug-likeness (QED) is 0.349. The third-order valence-electron chi connectivity index (χ3n) is 5.40. The van der Waals surface area contributed by atoms with Crippen LogP contribution in [0.1, 0.15) is 16.3 Å². The number of rotatable bonds is 4.